The van der Waals surface area contributed by atoms with E-state index < -0.39 is 10.0 Å². The van der Waals surface area contributed by atoms with Crippen molar-refractivity contribution >= 4 is 21.6 Å². The SMILES string of the molecule is COc1ccc(OCC[NH+]2CCN(S(=O)(=O)c3cccc(Cl)c3)CC2)cc1. The third kappa shape index (κ3) is 5.13. The highest BCUT2D eigenvalue weighted by atomic mass is 35.5. The first kappa shape index (κ1) is 19.9. The molecule has 146 valence electrons. The van der Waals surface area contributed by atoms with Gasteiger partial charge in [-0.1, -0.05) is 17.7 Å². The van der Waals surface area contributed by atoms with Gasteiger partial charge in [0.25, 0.3) is 0 Å². The van der Waals surface area contributed by atoms with Crippen LogP contribution in [0, 0.1) is 0 Å². The number of rotatable bonds is 7. The van der Waals surface area contributed by atoms with Gasteiger partial charge < -0.3 is 14.4 Å². The lowest BCUT2D eigenvalue weighted by molar-refractivity contribution is -0.903. The Labute approximate surface area is 165 Å². The lowest BCUT2D eigenvalue weighted by atomic mass is 10.3. The van der Waals surface area contributed by atoms with Gasteiger partial charge >= 0.3 is 0 Å². The standard InChI is InChI=1S/C19H23ClN2O4S/c1-25-17-5-7-18(8-6-17)26-14-13-21-9-11-22(12-10-21)27(23,24)19-4-2-3-16(20)15-19/h2-8,15H,9-14H2,1H3/p+1. The summed E-state index contributed by atoms with van der Waals surface area (Å²) in [4.78, 5) is 1.59. The van der Waals surface area contributed by atoms with Gasteiger partial charge in [0.15, 0.2) is 0 Å². The summed E-state index contributed by atoms with van der Waals surface area (Å²) in [6.07, 6.45) is 0. The van der Waals surface area contributed by atoms with Crippen molar-refractivity contribution in [2.75, 3.05) is 46.4 Å². The predicted molar refractivity (Wildman–Crippen MR) is 104 cm³/mol. The molecule has 0 saturated carbocycles. The van der Waals surface area contributed by atoms with E-state index in [1.165, 1.54) is 15.3 Å². The molecule has 6 nitrogen and oxygen atoms in total. The second-order valence-corrected chi connectivity index (χ2v) is 8.76. The van der Waals surface area contributed by atoms with Crippen LogP contribution in [0.15, 0.2) is 53.4 Å². The highest BCUT2D eigenvalue weighted by molar-refractivity contribution is 7.89. The number of hydrogen-bond donors (Lipinski definition) is 1. The predicted octanol–water partition coefficient (Wildman–Crippen LogP) is 1.32. The second-order valence-electron chi connectivity index (χ2n) is 6.39. The fourth-order valence-corrected chi connectivity index (χ4v) is 4.80. The first-order valence-electron chi connectivity index (χ1n) is 8.85. The van der Waals surface area contributed by atoms with Crippen LogP contribution in [0.5, 0.6) is 11.5 Å². The lowest BCUT2D eigenvalue weighted by Crippen LogP contribution is -3.15. The molecule has 0 aromatic heterocycles. The molecule has 1 N–H and O–H groups in total. The van der Waals surface area contributed by atoms with E-state index in [4.69, 9.17) is 21.1 Å². The van der Waals surface area contributed by atoms with Crippen molar-refractivity contribution in [2.45, 2.75) is 4.90 Å². The number of ether oxygens (including phenoxy) is 2. The Hall–Kier alpha value is -1.80. The summed E-state index contributed by atoms with van der Waals surface area (Å²) < 4.78 is 37.9. The Morgan fingerprint density at radius 1 is 1.07 bits per heavy atom. The average molecular weight is 412 g/mol. The van der Waals surface area contributed by atoms with Gasteiger partial charge in [0.2, 0.25) is 10.0 Å². The van der Waals surface area contributed by atoms with Crippen LogP contribution in [0.2, 0.25) is 5.02 Å². The highest BCUT2D eigenvalue weighted by Crippen LogP contribution is 2.19. The molecule has 8 heteroatoms. The van der Waals surface area contributed by atoms with Gasteiger partial charge in [-0.25, -0.2) is 8.42 Å². The molecule has 0 bridgehead atoms. The van der Waals surface area contributed by atoms with Gasteiger partial charge in [0.05, 0.1) is 38.2 Å². The summed E-state index contributed by atoms with van der Waals surface area (Å²) in [5.74, 6) is 1.60. The largest absolute Gasteiger partial charge is 0.497 e. The molecule has 0 aliphatic carbocycles. The van der Waals surface area contributed by atoms with Crippen molar-refractivity contribution < 1.29 is 22.8 Å². The summed E-state index contributed by atoms with van der Waals surface area (Å²) in [6, 6.07) is 13.9. The summed E-state index contributed by atoms with van der Waals surface area (Å²) in [5, 5.41) is 0.427. The van der Waals surface area contributed by atoms with Crippen LogP contribution in [0.4, 0.5) is 0 Å². The molecule has 1 fully saturated rings. The topological polar surface area (TPSA) is 60.3 Å². The maximum Gasteiger partial charge on any atom is 0.243 e. The highest BCUT2D eigenvalue weighted by Gasteiger charge is 2.30. The number of methoxy groups -OCH3 is 1. The number of benzene rings is 2. The molecular formula is C19H24ClN2O4S+. The Bertz CT molecular complexity index is 850. The zero-order valence-corrected chi connectivity index (χ0v) is 16.8. The monoisotopic (exact) mass is 411 g/mol. The van der Waals surface area contributed by atoms with Crippen LogP contribution in [0.1, 0.15) is 0 Å². The van der Waals surface area contributed by atoms with Crippen molar-refractivity contribution in [2.24, 2.45) is 0 Å². The fraction of sp³-hybridized carbons (Fsp3) is 0.368. The smallest absolute Gasteiger partial charge is 0.243 e. The Morgan fingerprint density at radius 3 is 2.37 bits per heavy atom. The van der Waals surface area contributed by atoms with Crippen LogP contribution in [0.3, 0.4) is 0 Å². The van der Waals surface area contributed by atoms with Crippen LogP contribution in [-0.2, 0) is 10.0 Å². The van der Waals surface area contributed by atoms with Crippen molar-refractivity contribution in [1.29, 1.82) is 0 Å². The van der Waals surface area contributed by atoms with E-state index in [1.54, 1.807) is 25.3 Å². The van der Waals surface area contributed by atoms with E-state index in [1.807, 2.05) is 24.3 Å². The minimum absolute atomic E-state index is 0.251. The molecule has 1 heterocycles. The number of hydrogen-bond acceptors (Lipinski definition) is 4. The van der Waals surface area contributed by atoms with Crippen LogP contribution < -0.4 is 14.4 Å². The summed E-state index contributed by atoms with van der Waals surface area (Å²) in [7, 11) is -1.86. The minimum Gasteiger partial charge on any atom is -0.497 e. The molecule has 27 heavy (non-hydrogen) atoms. The quantitative estimate of drug-likeness (QED) is 0.746. The fourth-order valence-electron chi connectivity index (χ4n) is 3.05. The first-order chi connectivity index (χ1) is 13.0. The second kappa shape index (κ2) is 8.93. The third-order valence-corrected chi connectivity index (χ3v) is 6.78. The van der Waals surface area contributed by atoms with Crippen molar-refractivity contribution in [3.63, 3.8) is 0 Å². The van der Waals surface area contributed by atoms with Gasteiger partial charge in [-0.15, -0.1) is 0 Å². The number of quaternary nitrogens is 1. The van der Waals surface area contributed by atoms with Gasteiger partial charge in [-0.05, 0) is 42.5 Å². The van der Waals surface area contributed by atoms with Crippen LogP contribution >= 0.6 is 11.6 Å². The molecule has 1 aliphatic heterocycles. The maximum atomic E-state index is 12.7. The number of nitrogens with one attached hydrogen (secondary N) is 1. The summed E-state index contributed by atoms with van der Waals surface area (Å²) in [5.41, 5.74) is 0. The Balaban J connectivity index is 1.47. The zero-order valence-electron chi connectivity index (χ0n) is 15.2. The molecular weight excluding hydrogens is 388 g/mol. The minimum atomic E-state index is -3.49. The molecule has 0 unspecified atom stereocenters. The number of sulfonamides is 1. The number of nitrogens with zero attached hydrogens (tertiary/aromatic N) is 1. The molecule has 1 saturated heterocycles. The van der Waals surface area contributed by atoms with E-state index in [-0.39, 0.29) is 4.90 Å². The van der Waals surface area contributed by atoms with E-state index >= 15 is 0 Å². The van der Waals surface area contributed by atoms with E-state index in [9.17, 15) is 8.42 Å². The maximum absolute atomic E-state index is 12.7. The third-order valence-electron chi connectivity index (χ3n) is 4.65. The first-order valence-corrected chi connectivity index (χ1v) is 10.7. The van der Waals surface area contributed by atoms with Gasteiger partial charge in [-0.2, -0.15) is 4.31 Å². The summed E-state index contributed by atoms with van der Waals surface area (Å²) in [6.45, 7) is 3.91. The molecule has 0 amide bonds. The van der Waals surface area contributed by atoms with Gasteiger partial charge in [0.1, 0.15) is 24.7 Å². The van der Waals surface area contributed by atoms with Gasteiger partial charge in [0, 0.05) is 5.02 Å². The van der Waals surface area contributed by atoms with Crippen molar-refractivity contribution in [3.05, 3.63) is 53.6 Å². The van der Waals surface area contributed by atoms with E-state index in [2.05, 4.69) is 0 Å². The Morgan fingerprint density at radius 2 is 1.74 bits per heavy atom. The molecule has 0 spiro atoms. The normalized spacial score (nSPS) is 16.2. The molecule has 2 aromatic carbocycles. The van der Waals surface area contributed by atoms with E-state index in [0.717, 1.165) is 31.1 Å². The van der Waals surface area contributed by atoms with Crippen LogP contribution in [-0.4, -0.2) is 59.2 Å². The molecule has 0 atom stereocenters. The van der Waals surface area contributed by atoms with Crippen molar-refractivity contribution in [3.8, 4) is 11.5 Å². The average Bonchev–Trinajstić information content (AvgIpc) is 2.69. The van der Waals surface area contributed by atoms with Crippen LogP contribution in [0.25, 0.3) is 0 Å². The number of halogens is 1. The lowest BCUT2D eigenvalue weighted by Gasteiger charge is -2.31. The summed E-state index contributed by atoms with van der Waals surface area (Å²) >= 11 is 5.93. The number of piperazine rings is 1. The van der Waals surface area contributed by atoms with E-state index in [0.29, 0.717) is 24.7 Å². The molecule has 2 aromatic rings. The Kier molecular flexibility index (Phi) is 6.59. The zero-order chi connectivity index (χ0) is 19.3. The molecule has 0 radical (unpaired) electrons. The molecule has 1 aliphatic rings. The van der Waals surface area contributed by atoms with Gasteiger partial charge in [-0.3, -0.25) is 0 Å². The van der Waals surface area contributed by atoms with Crippen molar-refractivity contribution in [1.82, 2.24) is 4.31 Å². The molecule has 3 rings (SSSR count).